The van der Waals surface area contributed by atoms with Crippen molar-refractivity contribution < 1.29 is 19.2 Å². The second-order valence-electron chi connectivity index (χ2n) is 5.92. The third-order valence-electron chi connectivity index (χ3n) is 3.33. The Labute approximate surface area is 141 Å². The molecule has 23 heavy (non-hydrogen) atoms. The summed E-state index contributed by atoms with van der Waals surface area (Å²) in [6.45, 7) is 10.6. The Morgan fingerprint density at radius 2 is 1.26 bits per heavy atom. The maximum atomic E-state index is 11.3. The standard InChI is InChI=1S/C7H12N2O2.C5H8N2O2.C2H5Cl/c1-4-9-6(11)7(2,3)5(10)8-9;1-5(2)3(8)6-7-4(5)9;1-2-3/h4H2,1-3H3,(H,8,10);1-2H3,(H,6,8)(H,7,9);2H2,1H3. The normalized spacial score (nSPS) is 20.6. The Morgan fingerprint density at radius 1 is 0.870 bits per heavy atom. The molecule has 3 N–H and O–H groups in total. The van der Waals surface area contributed by atoms with E-state index in [1.165, 1.54) is 5.01 Å². The molecule has 0 saturated carbocycles. The Bertz CT molecular complexity index is 473. The van der Waals surface area contributed by atoms with Gasteiger partial charge in [0.25, 0.3) is 23.6 Å². The molecule has 4 amide bonds. The van der Waals surface area contributed by atoms with Gasteiger partial charge in [-0.2, -0.15) is 0 Å². The van der Waals surface area contributed by atoms with E-state index in [2.05, 4.69) is 16.3 Å². The van der Waals surface area contributed by atoms with Crippen molar-refractivity contribution in [3.8, 4) is 0 Å². The zero-order valence-corrected chi connectivity index (χ0v) is 15.1. The molecule has 2 aliphatic heterocycles. The molecule has 132 valence electrons. The lowest BCUT2D eigenvalue weighted by Gasteiger charge is -2.13. The summed E-state index contributed by atoms with van der Waals surface area (Å²) in [7, 11) is 0. The molecule has 2 rings (SSSR count). The van der Waals surface area contributed by atoms with Crippen molar-refractivity contribution in [2.45, 2.75) is 41.5 Å². The highest BCUT2D eigenvalue weighted by atomic mass is 35.5. The number of nitrogens with zero attached hydrogens (tertiary/aromatic N) is 1. The molecular formula is C14H25ClN4O4. The van der Waals surface area contributed by atoms with Gasteiger partial charge in [-0.1, -0.05) is 6.92 Å². The van der Waals surface area contributed by atoms with Crippen LogP contribution in [0.25, 0.3) is 0 Å². The highest BCUT2D eigenvalue weighted by Crippen LogP contribution is 2.23. The molecule has 0 unspecified atom stereocenters. The first kappa shape index (κ1) is 21.2. The summed E-state index contributed by atoms with van der Waals surface area (Å²) in [4.78, 5) is 43.8. The number of carbonyl (C=O) groups is 4. The minimum Gasteiger partial charge on any atom is -0.272 e. The van der Waals surface area contributed by atoms with E-state index in [-0.39, 0.29) is 23.6 Å². The van der Waals surface area contributed by atoms with Crippen LogP contribution in [0.1, 0.15) is 41.5 Å². The first-order valence-electron chi connectivity index (χ1n) is 7.26. The predicted molar refractivity (Wildman–Crippen MR) is 85.8 cm³/mol. The second-order valence-corrected chi connectivity index (χ2v) is 6.45. The Balaban J connectivity index is 0.000000365. The van der Waals surface area contributed by atoms with Crippen molar-refractivity contribution in [2.75, 3.05) is 12.4 Å². The third-order valence-corrected chi connectivity index (χ3v) is 3.33. The van der Waals surface area contributed by atoms with Crippen LogP contribution in [0, 0.1) is 10.8 Å². The average Bonchev–Trinajstić information content (AvgIpc) is 2.82. The number of amides is 4. The van der Waals surface area contributed by atoms with Crippen molar-refractivity contribution in [3.63, 3.8) is 0 Å². The number of hydrazine groups is 2. The van der Waals surface area contributed by atoms with Crippen LogP contribution in [0.2, 0.25) is 0 Å². The molecule has 2 fully saturated rings. The van der Waals surface area contributed by atoms with Gasteiger partial charge in [-0.25, -0.2) is 0 Å². The quantitative estimate of drug-likeness (QED) is 0.468. The summed E-state index contributed by atoms with van der Waals surface area (Å²) < 4.78 is 0. The zero-order chi connectivity index (χ0) is 18.4. The molecule has 9 heteroatoms. The highest BCUT2D eigenvalue weighted by molar-refractivity contribution is 6.17. The lowest BCUT2D eigenvalue weighted by atomic mass is 9.93. The predicted octanol–water partition coefficient (Wildman–Crippen LogP) is 0.325. The summed E-state index contributed by atoms with van der Waals surface area (Å²) in [6.07, 6.45) is 0. The minimum atomic E-state index is -0.889. The van der Waals surface area contributed by atoms with Crippen molar-refractivity contribution in [1.29, 1.82) is 0 Å². The number of carbonyl (C=O) groups excluding carboxylic acids is 4. The molecule has 0 aromatic rings. The highest BCUT2D eigenvalue weighted by Gasteiger charge is 2.46. The number of nitrogens with one attached hydrogen (secondary N) is 3. The van der Waals surface area contributed by atoms with Gasteiger partial charge in [-0.15, -0.1) is 11.6 Å². The molecule has 8 nitrogen and oxygen atoms in total. The van der Waals surface area contributed by atoms with E-state index in [1.54, 1.807) is 27.7 Å². The average molecular weight is 349 g/mol. The largest absolute Gasteiger partial charge is 0.272 e. The van der Waals surface area contributed by atoms with E-state index in [0.29, 0.717) is 6.54 Å². The lowest BCUT2D eigenvalue weighted by Crippen LogP contribution is -2.35. The molecule has 0 spiro atoms. The van der Waals surface area contributed by atoms with E-state index >= 15 is 0 Å². The minimum absolute atomic E-state index is 0.148. The van der Waals surface area contributed by atoms with Crippen molar-refractivity contribution in [1.82, 2.24) is 21.3 Å². The zero-order valence-electron chi connectivity index (χ0n) is 14.4. The van der Waals surface area contributed by atoms with Gasteiger partial charge in [-0.3, -0.25) is 40.5 Å². The van der Waals surface area contributed by atoms with E-state index in [9.17, 15) is 19.2 Å². The van der Waals surface area contributed by atoms with E-state index in [0.717, 1.165) is 5.88 Å². The maximum Gasteiger partial charge on any atom is 0.256 e. The molecule has 0 bridgehead atoms. The third kappa shape index (κ3) is 4.82. The van der Waals surface area contributed by atoms with E-state index in [4.69, 9.17) is 11.6 Å². The van der Waals surface area contributed by atoms with Crippen LogP contribution in [0.15, 0.2) is 0 Å². The number of hydrogen-bond donors (Lipinski definition) is 3. The molecule has 2 saturated heterocycles. The summed E-state index contributed by atoms with van der Waals surface area (Å²) in [6, 6.07) is 0. The van der Waals surface area contributed by atoms with Crippen molar-refractivity contribution >= 4 is 35.2 Å². The number of hydrogen-bond acceptors (Lipinski definition) is 4. The topological polar surface area (TPSA) is 108 Å². The number of rotatable bonds is 1. The maximum absolute atomic E-state index is 11.3. The summed E-state index contributed by atoms with van der Waals surface area (Å²) >= 11 is 5.00. The second kappa shape index (κ2) is 8.14. The fraction of sp³-hybridized carbons (Fsp3) is 0.714. The molecule has 0 aromatic heterocycles. The molecule has 2 heterocycles. The summed E-state index contributed by atoms with van der Waals surface area (Å²) in [5.41, 5.74) is 5.16. The van der Waals surface area contributed by atoms with Gasteiger partial charge in [0.2, 0.25) is 0 Å². The molecule has 0 atom stereocenters. The van der Waals surface area contributed by atoms with Crippen LogP contribution in [-0.4, -0.2) is 41.1 Å². The van der Waals surface area contributed by atoms with Gasteiger partial charge < -0.3 is 0 Å². The molecule has 0 radical (unpaired) electrons. The molecule has 0 aromatic carbocycles. The number of halogens is 1. The first-order chi connectivity index (χ1) is 10.5. The fourth-order valence-corrected chi connectivity index (χ4v) is 1.50. The van der Waals surface area contributed by atoms with Gasteiger partial charge in [0, 0.05) is 12.4 Å². The number of alkyl halides is 1. The van der Waals surface area contributed by atoms with Gasteiger partial charge in [0.1, 0.15) is 10.8 Å². The van der Waals surface area contributed by atoms with Gasteiger partial charge in [-0.05, 0) is 34.6 Å². The Hall–Kier alpha value is -1.83. The Kier molecular flexibility index (Phi) is 7.50. The fourth-order valence-electron chi connectivity index (χ4n) is 1.50. The lowest BCUT2D eigenvalue weighted by molar-refractivity contribution is -0.137. The summed E-state index contributed by atoms with van der Waals surface area (Å²) in [5.74, 6) is -0.186. The van der Waals surface area contributed by atoms with Gasteiger partial charge in [0.05, 0.1) is 0 Å². The summed E-state index contributed by atoms with van der Waals surface area (Å²) in [5, 5.41) is 1.34. The van der Waals surface area contributed by atoms with Crippen LogP contribution in [0.4, 0.5) is 0 Å². The molecule has 0 aliphatic carbocycles. The van der Waals surface area contributed by atoms with Crippen LogP contribution < -0.4 is 16.3 Å². The smallest absolute Gasteiger partial charge is 0.256 e. The van der Waals surface area contributed by atoms with E-state index in [1.807, 2.05) is 13.8 Å². The first-order valence-corrected chi connectivity index (χ1v) is 7.80. The van der Waals surface area contributed by atoms with E-state index < -0.39 is 10.8 Å². The monoisotopic (exact) mass is 348 g/mol. The van der Waals surface area contributed by atoms with Gasteiger partial charge in [0.15, 0.2) is 0 Å². The van der Waals surface area contributed by atoms with Crippen molar-refractivity contribution in [2.24, 2.45) is 10.8 Å². The Morgan fingerprint density at radius 3 is 1.39 bits per heavy atom. The van der Waals surface area contributed by atoms with Crippen LogP contribution >= 0.6 is 11.6 Å². The molecular weight excluding hydrogens is 324 g/mol. The SMILES string of the molecule is CC1(C)C(=O)NNC1=O.CCCl.CCN1NC(=O)C(C)(C)C1=O. The van der Waals surface area contributed by atoms with Crippen LogP contribution in [-0.2, 0) is 19.2 Å². The molecule has 2 aliphatic rings. The van der Waals surface area contributed by atoms with Gasteiger partial charge >= 0.3 is 0 Å². The van der Waals surface area contributed by atoms with Crippen LogP contribution in [0.3, 0.4) is 0 Å². The van der Waals surface area contributed by atoms with Crippen LogP contribution in [0.5, 0.6) is 0 Å². The van der Waals surface area contributed by atoms with Crippen molar-refractivity contribution in [3.05, 3.63) is 0 Å².